The number of carbonyl (C=O) groups excluding carboxylic acids is 1. The topological polar surface area (TPSA) is 55.4 Å². The number of imidazole rings is 1. The molecule has 1 aliphatic carbocycles. The monoisotopic (exact) mass is 377 g/mol. The van der Waals surface area contributed by atoms with Crippen LogP contribution in [0, 0.1) is 6.92 Å². The number of fused-ring (bicyclic) bond motifs is 1. The Balaban J connectivity index is 1.46. The van der Waals surface area contributed by atoms with Gasteiger partial charge in [0.1, 0.15) is 10.5 Å². The number of pyridine rings is 1. The fraction of sp³-hybridized carbons (Fsp3) is 0.250. The van der Waals surface area contributed by atoms with Crippen molar-refractivity contribution in [2.24, 2.45) is 0 Å². The Morgan fingerprint density at radius 2 is 2.00 bits per heavy atom. The van der Waals surface area contributed by atoms with Gasteiger partial charge in [0.05, 0.1) is 24.1 Å². The highest BCUT2D eigenvalue weighted by Gasteiger charge is 2.35. The molecular weight excluding hydrogens is 358 g/mol. The second-order valence-electron chi connectivity index (χ2n) is 6.84. The lowest BCUT2D eigenvalue weighted by Gasteiger charge is -2.21. The van der Waals surface area contributed by atoms with Gasteiger partial charge in [0, 0.05) is 24.6 Å². The predicted octanol–water partition coefficient (Wildman–Crippen LogP) is 3.69. The Kier molecular flexibility index (Phi) is 3.82. The number of aryl methyl sites for hydroxylation is 1. The van der Waals surface area contributed by atoms with E-state index in [-0.39, 0.29) is 5.91 Å². The molecule has 5 rings (SSSR count). The first-order valence-electron chi connectivity index (χ1n) is 9.03. The van der Waals surface area contributed by atoms with Crippen LogP contribution in [0.1, 0.15) is 33.9 Å². The molecule has 136 valence electrons. The minimum Gasteiger partial charge on any atom is -0.329 e. The van der Waals surface area contributed by atoms with Crippen molar-refractivity contribution in [1.29, 1.82) is 0 Å². The standard InChI is InChI=1S/C20H19N5OS/c1-14-18(27-20(22-14)23-9-4-5-10-23)19(26)25(15-7-8-15)13-16-12-21-17-6-2-3-11-24(16)17/h2-6,9-12,15H,7-8,13H2,1H3. The second-order valence-corrected chi connectivity index (χ2v) is 7.82. The lowest BCUT2D eigenvalue weighted by atomic mass is 10.3. The van der Waals surface area contributed by atoms with Crippen molar-refractivity contribution in [2.75, 3.05) is 0 Å². The molecule has 0 bridgehead atoms. The van der Waals surface area contributed by atoms with Crippen LogP contribution in [0.4, 0.5) is 0 Å². The molecule has 1 amide bonds. The smallest absolute Gasteiger partial charge is 0.266 e. The number of carbonyl (C=O) groups is 1. The van der Waals surface area contributed by atoms with Crippen LogP contribution in [-0.2, 0) is 6.54 Å². The number of rotatable bonds is 5. The van der Waals surface area contributed by atoms with Crippen molar-refractivity contribution in [3.05, 3.63) is 71.4 Å². The van der Waals surface area contributed by atoms with Crippen molar-refractivity contribution in [2.45, 2.75) is 32.4 Å². The lowest BCUT2D eigenvalue weighted by molar-refractivity contribution is 0.0731. The maximum atomic E-state index is 13.3. The number of hydrogen-bond donors (Lipinski definition) is 0. The quantitative estimate of drug-likeness (QED) is 0.533. The van der Waals surface area contributed by atoms with E-state index in [1.54, 1.807) is 0 Å². The number of amides is 1. The minimum absolute atomic E-state index is 0.0665. The molecule has 0 spiro atoms. The van der Waals surface area contributed by atoms with Crippen molar-refractivity contribution < 1.29 is 4.79 Å². The largest absolute Gasteiger partial charge is 0.329 e. The summed E-state index contributed by atoms with van der Waals surface area (Å²) in [6, 6.07) is 10.2. The van der Waals surface area contributed by atoms with Gasteiger partial charge in [0.15, 0.2) is 5.13 Å². The van der Waals surface area contributed by atoms with Gasteiger partial charge in [-0.3, -0.25) is 4.79 Å². The fourth-order valence-electron chi connectivity index (χ4n) is 3.31. The average molecular weight is 377 g/mol. The normalized spacial score (nSPS) is 14.0. The van der Waals surface area contributed by atoms with Crippen LogP contribution in [0.3, 0.4) is 0 Å². The zero-order chi connectivity index (χ0) is 18.4. The lowest BCUT2D eigenvalue weighted by Crippen LogP contribution is -2.33. The molecule has 4 aromatic heterocycles. The molecule has 4 aromatic rings. The second kappa shape index (κ2) is 6.35. The number of thiazole rings is 1. The molecule has 0 atom stereocenters. The minimum atomic E-state index is 0.0665. The van der Waals surface area contributed by atoms with Crippen LogP contribution in [0.5, 0.6) is 0 Å². The van der Waals surface area contributed by atoms with E-state index in [4.69, 9.17) is 0 Å². The average Bonchev–Trinajstić information content (AvgIpc) is 3.09. The highest BCUT2D eigenvalue weighted by molar-refractivity contribution is 7.16. The Morgan fingerprint density at radius 3 is 2.78 bits per heavy atom. The third kappa shape index (κ3) is 2.94. The van der Waals surface area contributed by atoms with E-state index in [1.165, 1.54) is 11.3 Å². The summed E-state index contributed by atoms with van der Waals surface area (Å²) in [7, 11) is 0. The number of nitrogens with zero attached hydrogens (tertiary/aromatic N) is 5. The molecule has 1 fully saturated rings. The van der Waals surface area contributed by atoms with Crippen LogP contribution >= 0.6 is 11.3 Å². The van der Waals surface area contributed by atoms with Gasteiger partial charge in [-0.05, 0) is 44.0 Å². The van der Waals surface area contributed by atoms with E-state index in [2.05, 4.69) is 9.97 Å². The van der Waals surface area contributed by atoms with Gasteiger partial charge in [-0.25, -0.2) is 9.97 Å². The van der Waals surface area contributed by atoms with Crippen LogP contribution in [0.15, 0.2) is 55.1 Å². The molecule has 1 saturated carbocycles. The molecule has 1 aliphatic rings. The maximum Gasteiger partial charge on any atom is 0.266 e. The van der Waals surface area contributed by atoms with E-state index >= 15 is 0 Å². The van der Waals surface area contributed by atoms with Gasteiger partial charge >= 0.3 is 0 Å². The molecule has 27 heavy (non-hydrogen) atoms. The zero-order valence-corrected chi connectivity index (χ0v) is 15.8. The molecule has 0 radical (unpaired) electrons. The van der Waals surface area contributed by atoms with E-state index in [9.17, 15) is 4.79 Å². The molecule has 0 aliphatic heterocycles. The summed E-state index contributed by atoms with van der Waals surface area (Å²) in [5, 5.41) is 0.825. The maximum absolute atomic E-state index is 13.3. The Labute approximate surface area is 160 Å². The van der Waals surface area contributed by atoms with E-state index in [0.29, 0.717) is 12.6 Å². The van der Waals surface area contributed by atoms with Crippen molar-refractivity contribution >= 4 is 22.9 Å². The molecule has 6 nitrogen and oxygen atoms in total. The van der Waals surface area contributed by atoms with E-state index in [0.717, 1.165) is 39.9 Å². The summed E-state index contributed by atoms with van der Waals surface area (Å²) in [6.07, 6.45) is 9.88. The fourth-order valence-corrected chi connectivity index (χ4v) is 4.30. The SMILES string of the molecule is Cc1nc(-n2cccc2)sc1C(=O)N(Cc1cnc2ccccn12)C1CC1. The molecule has 7 heteroatoms. The zero-order valence-electron chi connectivity index (χ0n) is 14.9. The van der Waals surface area contributed by atoms with E-state index in [1.807, 2.05) is 75.9 Å². The highest BCUT2D eigenvalue weighted by atomic mass is 32.1. The summed E-state index contributed by atoms with van der Waals surface area (Å²) in [5.41, 5.74) is 2.72. The third-order valence-corrected chi connectivity index (χ3v) is 6.04. The predicted molar refractivity (Wildman–Crippen MR) is 104 cm³/mol. The molecule has 0 aromatic carbocycles. The van der Waals surface area contributed by atoms with E-state index < -0.39 is 0 Å². The summed E-state index contributed by atoms with van der Waals surface area (Å²) >= 11 is 1.45. The first-order valence-corrected chi connectivity index (χ1v) is 9.85. The Bertz CT molecular complexity index is 1110. The van der Waals surface area contributed by atoms with Gasteiger partial charge in [-0.1, -0.05) is 17.4 Å². The summed E-state index contributed by atoms with van der Waals surface area (Å²) < 4.78 is 3.99. The number of aromatic nitrogens is 4. The van der Waals surface area contributed by atoms with Crippen LogP contribution in [0.2, 0.25) is 0 Å². The van der Waals surface area contributed by atoms with Crippen molar-refractivity contribution in [1.82, 2.24) is 23.8 Å². The number of hydrogen-bond acceptors (Lipinski definition) is 4. The van der Waals surface area contributed by atoms with Gasteiger partial charge in [0.2, 0.25) is 0 Å². The molecule has 0 unspecified atom stereocenters. The third-order valence-electron chi connectivity index (χ3n) is 4.88. The first-order chi connectivity index (χ1) is 13.2. The first kappa shape index (κ1) is 16.3. The van der Waals surface area contributed by atoms with Crippen LogP contribution in [0.25, 0.3) is 10.8 Å². The highest BCUT2D eigenvalue weighted by Crippen LogP contribution is 2.32. The summed E-state index contributed by atoms with van der Waals surface area (Å²) in [4.78, 5) is 25.1. The van der Waals surface area contributed by atoms with Crippen LogP contribution in [-0.4, -0.2) is 35.8 Å². The summed E-state index contributed by atoms with van der Waals surface area (Å²) in [5.74, 6) is 0.0665. The molecule has 0 N–H and O–H groups in total. The molecule has 0 saturated heterocycles. The van der Waals surface area contributed by atoms with Gasteiger partial charge < -0.3 is 13.9 Å². The Hall–Kier alpha value is -2.93. The van der Waals surface area contributed by atoms with Crippen molar-refractivity contribution in [3.63, 3.8) is 0 Å². The summed E-state index contributed by atoms with van der Waals surface area (Å²) in [6.45, 7) is 2.47. The van der Waals surface area contributed by atoms with Gasteiger partial charge in [-0.2, -0.15) is 0 Å². The van der Waals surface area contributed by atoms with Crippen molar-refractivity contribution in [3.8, 4) is 5.13 Å². The molecule has 4 heterocycles. The van der Waals surface area contributed by atoms with Gasteiger partial charge in [0.25, 0.3) is 5.91 Å². The Morgan fingerprint density at radius 1 is 1.22 bits per heavy atom. The van der Waals surface area contributed by atoms with Crippen LogP contribution < -0.4 is 0 Å². The van der Waals surface area contributed by atoms with Gasteiger partial charge in [-0.15, -0.1) is 0 Å². The molecular formula is C20H19N5OS.